The van der Waals surface area contributed by atoms with E-state index in [0.29, 0.717) is 13.2 Å². The molecule has 0 fully saturated rings. The van der Waals surface area contributed by atoms with Gasteiger partial charge in [0.05, 0.1) is 6.10 Å². The van der Waals surface area contributed by atoms with Crippen LogP contribution >= 0.6 is 0 Å². The Labute approximate surface area is 137 Å². The highest BCUT2D eigenvalue weighted by atomic mass is 19.1. The summed E-state index contributed by atoms with van der Waals surface area (Å²) in [5, 5.41) is 13.7. The smallest absolute Gasteiger partial charge is 0.123 e. The number of aliphatic hydroxyl groups excluding tert-OH is 1. The first kappa shape index (κ1) is 17.6. The molecule has 0 aromatic heterocycles. The van der Waals surface area contributed by atoms with Crippen LogP contribution in [0.2, 0.25) is 0 Å². The number of hydrogen-bond acceptors (Lipinski definition) is 3. The highest BCUT2D eigenvalue weighted by molar-refractivity contribution is 5.24. The number of halogens is 1. The van der Waals surface area contributed by atoms with E-state index in [1.165, 1.54) is 12.1 Å². The van der Waals surface area contributed by atoms with E-state index >= 15 is 0 Å². The molecule has 0 radical (unpaired) electrons. The molecule has 0 aliphatic heterocycles. The molecule has 124 valence electrons. The lowest BCUT2D eigenvalue weighted by molar-refractivity contribution is 0.156. The summed E-state index contributed by atoms with van der Waals surface area (Å²) in [4.78, 5) is 0. The Balaban J connectivity index is 1.99. The average Bonchev–Trinajstić information content (AvgIpc) is 2.56. The van der Waals surface area contributed by atoms with Gasteiger partial charge in [-0.15, -0.1) is 0 Å². The van der Waals surface area contributed by atoms with Crippen LogP contribution in [0.4, 0.5) is 4.39 Å². The lowest BCUT2D eigenvalue weighted by atomic mass is 10.0. The van der Waals surface area contributed by atoms with Gasteiger partial charge in [-0.2, -0.15) is 0 Å². The van der Waals surface area contributed by atoms with Gasteiger partial charge in [-0.05, 0) is 36.6 Å². The summed E-state index contributed by atoms with van der Waals surface area (Å²) in [6.07, 6.45) is 0.170. The molecule has 4 heteroatoms. The van der Waals surface area contributed by atoms with Crippen molar-refractivity contribution >= 4 is 0 Å². The SMILES string of the molecule is COCCC(NCC(O)c1ccc(C)cc1)c1ccc(F)cc1. The van der Waals surface area contributed by atoms with E-state index in [-0.39, 0.29) is 11.9 Å². The molecule has 3 nitrogen and oxygen atoms in total. The number of aliphatic hydroxyl groups is 1. The number of methoxy groups -OCH3 is 1. The predicted octanol–water partition coefficient (Wildman–Crippen LogP) is 3.53. The Hall–Kier alpha value is -1.75. The van der Waals surface area contributed by atoms with E-state index in [0.717, 1.165) is 23.1 Å². The molecule has 2 atom stereocenters. The molecular weight excluding hydrogens is 293 g/mol. The summed E-state index contributed by atoms with van der Waals surface area (Å²) in [7, 11) is 1.66. The van der Waals surface area contributed by atoms with Gasteiger partial charge in [0.1, 0.15) is 5.82 Å². The second kappa shape index (κ2) is 8.77. The Morgan fingerprint density at radius 3 is 2.26 bits per heavy atom. The number of ether oxygens (including phenoxy) is 1. The molecule has 0 aliphatic rings. The molecule has 0 saturated carbocycles. The average molecular weight is 317 g/mol. The van der Waals surface area contributed by atoms with Crippen molar-refractivity contribution in [3.05, 3.63) is 71.0 Å². The quantitative estimate of drug-likeness (QED) is 0.782. The van der Waals surface area contributed by atoms with Gasteiger partial charge in [-0.1, -0.05) is 42.0 Å². The van der Waals surface area contributed by atoms with Gasteiger partial charge in [0.15, 0.2) is 0 Å². The first-order valence-electron chi connectivity index (χ1n) is 7.82. The third kappa shape index (κ3) is 5.43. The Morgan fingerprint density at radius 2 is 1.65 bits per heavy atom. The van der Waals surface area contributed by atoms with Crippen molar-refractivity contribution in [1.82, 2.24) is 5.32 Å². The van der Waals surface area contributed by atoms with Gasteiger partial charge in [-0.3, -0.25) is 0 Å². The zero-order valence-corrected chi connectivity index (χ0v) is 13.6. The van der Waals surface area contributed by atoms with Gasteiger partial charge in [0, 0.05) is 26.3 Å². The minimum atomic E-state index is -0.582. The van der Waals surface area contributed by atoms with Crippen LogP contribution in [-0.4, -0.2) is 25.4 Å². The topological polar surface area (TPSA) is 41.5 Å². The molecule has 0 aliphatic carbocycles. The van der Waals surface area contributed by atoms with Gasteiger partial charge in [0.2, 0.25) is 0 Å². The third-order valence-corrected chi connectivity index (χ3v) is 3.90. The van der Waals surface area contributed by atoms with Crippen LogP contribution in [0.15, 0.2) is 48.5 Å². The number of nitrogens with one attached hydrogen (secondary N) is 1. The van der Waals surface area contributed by atoms with E-state index in [4.69, 9.17) is 4.74 Å². The van der Waals surface area contributed by atoms with Crippen molar-refractivity contribution in [3.63, 3.8) is 0 Å². The van der Waals surface area contributed by atoms with Gasteiger partial charge in [-0.25, -0.2) is 4.39 Å². The summed E-state index contributed by atoms with van der Waals surface area (Å²) >= 11 is 0. The zero-order valence-electron chi connectivity index (χ0n) is 13.6. The zero-order chi connectivity index (χ0) is 16.7. The molecule has 0 amide bonds. The van der Waals surface area contributed by atoms with Crippen molar-refractivity contribution < 1.29 is 14.2 Å². The van der Waals surface area contributed by atoms with E-state index in [1.807, 2.05) is 31.2 Å². The summed E-state index contributed by atoms with van der Waals surface area (Å²) < 4.78 is 18.2. The van der Waals surface area contributed by atoms with Crippen molar-refractivity contribution in [2.45, 2.75) is 25.5 Å². The van der Waals surface area contributed by atoms with Crippen LogP contribution in [0, 0.1) is 12.7 Å². The largest absolute Gasteiger partial charge is 0.387 e. The van der Waals surface area contributed by atoms with Crippen molar-refractivity contribution in [2.75, 3.05) is 20.3 Å². The standard InChI is InChI=1S/C19H24FNO2/c1-14-3-5-16(6-4-14)19(22)13-21-18(11-12-23-2)15-7-9-17(20)10-8-15/h3-10,18-19,21-22H,11-13H2,1-2H3. The van der Waals surface area contributed by atoms with E-state index in [9.17, 15) is 9.50 Å². The fourth-order valence-corrected chi connectivity index (χ4v) is 2.48. The van der Waals surface area contributed by atoms with Crippen LogP contribution in [0.25, 0.3) is 0 Å². The molecule has 23 heavy (non-hydrogen) atoms. The molecule has 0 spiro atoms. The monoisotopic (exact) mass is 317 g/mol. The van der Waals surface area contributed by atoms with E-state index in [2.05, 4.69) is 5.32 Å². The lowest BCUT2D eigenvalue weighted by Crippen LogP contribution is -2.27. The number of hydrogen-bond donors (Lipinski definition) is 2. The molecule has 2 aromatic rings. The number of aryl methyl sites for hydroxylation is 1. The molecule has 0 bridgehead atoms. The minimum absolute atomic E-state index is 0.00986. The van der Waals surface area contributed by atoms with Crippen LogP contribution < -0.4 is 5.32 Å². The summed E-state index contributed by atoms with van der Waals surface area (Å²) in [5.41, 5.74) is 3.03. The second-order valence-electron chi connectivity index (χ2n) is 5.72. The Kier molecular flexibility index (Phi) is 6.71. The highest BCUT2D eigenvalue weighted by Gasteiger charge is 2.14. The second-order valence-corrected chi connectivity index (χ2v) is 5.72. The molecule has 2 N–H and O–H groups in total. The predicted molar refractivity (Wildman–Crippen MR) is 89.8 cm³/mol. The fourth-order valence-electron chi connectivity index (χ4n) is 2.48. The normalized spacial score (nSPS) is 13.7. The first-order valence-corrected chi connectivity index (χ1v) is 7.82. The third-order valence-electron chi connectivity index (χ3n) is 3.90. The van der Waals surface area contributed by atoms with Crippen LogP contribution in [0.3, 0.4) is 0 Å². The molecule has 2 aromatic carbocycles. The summed E-state index contributed by atoms with van der Waals surface area (Å²) in [5.74, 6) is -0.251. The minimum Gasteiger partial charge on any atom is -0.387 e. The van der Waals surface area contributed by atoms with Crippen molar-refractivity contribution in [3.8, 4) is 0 Å². The van der Waals surface area contributed by atoms with E-state index in [1.54, 1.807) is 19.2 Å². The van der Waals surface area contributed by atoms with Crippen molar-refractivity contribution in [1.29, 1.82) is 0 Å². The summed E-state index contributed by atoms with van der Waals surface area (Å²) in [6, 6.07) is 14.3. The van der Waals surface area contributed by atoms with E-state index < -0.39 is 6.10 Å². The molecular formula is C19H24FNO2. The lowest BCUT2D eigenvalue weighted by Gasteiger charge is -2.21. The Morgan fingerprint density at radius 1 is 1.04 bits per heavy atom. The maximum Gasteiger partial charge on any atom is 0.123 e. The van der Waals surface area contributed by atoms with Gasteiger partial charge < -0.3 is 15.2 Å². The highest BCUT2D eigenvalue weighted by Crippen LogP contribution is 2.19. The number of benzene rings is 2. The molecule has 0 saturated heterocycles. The molecule has 0 heterocycles. The van der Waals surface area contributed by atoms with Gasteiger partial charge in [0.25, 0.3) is 0 Å². The van der Waals surface area contributed by atoms with Crippen LogP contribution in [-0.2, 0) is 4.74 Å². The maximum absolute atomic E-state index is 13.1. The molecule has 2 unspecified atom stereocenters. The fraction of sp³-hybridized carbons (Fsp3) is 0.368. The Bertz CT molecular complexity index is 583. The van der Waals surface area contributed by atoms with Crippen LogP contribution in [0.5, 0.6) is 0 Å². The first-order chi connectivity index (χ1) is 11.1. The summed E-state index contributed by atoms with van der Waals surface area (Å²) in [6.45, 7) is 3.04. The van der Waals surface area contributed by atoms with Crippen molar-refractivity contribution in [2.24, 2.45) is 0 Å². The number of rotatable bonds is 8. The van der Waals surface area contributed by atoms with Crippen LogP contribution in [0.1, 0.15) is 35.3 Å². The molecule has 2 rings (SSSR count). The maximum atomic E-state index is 13.1. The van der Waals surface area contributed by atoms with Gasteiger partial charge >= 0.3 is 0 Å².